The minimum Gasteiger partial charge on any atom is -0.335 e. The molecule has 0 aliphatic heterocycles. The topological polar surface area (TPSA) is 70.0 Å². The van der Waals surface area contributed by atoms with Gasteiger partial charge in [-0.1, -0.05) is 6.08 Å². The van der Waals surface area contributed by atoms with Gasteiger partial charge in [0.2, 0.25) is 0 Å². The predicted octanol–water partition coefficient (Wildman–Crippen LogP) is -0.601. The van der Waals surface area contributed by atoms with E-state index in [1.54, 1.807) is 0 Å². The van der Waals surface area contributed by atoms with Gasteiger partial charge in [-0.15, -0.1) is 6.58 Å². The Morgan fingerprint density at radius 3 is 2.80 bits per heavy atom. The van der Waals surface area contributed by atoms with Crippen molar-refractivity contribution >= 4 is 0 Å². The fourth-order valence-electron chi connectivity index (χ4n) is 2.01. The van der Waals surface area contributed by atoms with Crippen LogP contribution < -0.4 is 17.1 Å². The van der Waals surface area contributed by atoms with Gasteiger partial charge in [0.15, 0.2) is 0 Å². The van der Waals surface area contributed by atoms with Crippen LogP contribution in [0.1, 0.15) is 17.7 Å². The summed E-state index contributed by atoms with van der Waals surface area (Å²) in [4.78, 5) is 23.6. The van der Waals surface area contributed by atoms with Gasteiger partial charge in [-0.2, -0.15) is 0 Å². The third kappa shape index (κ3) is 1.31. The van der Waals surface area contributed by atoms with Crippen LogP contribution in [0.15, 0.2) is 22.2 Å². The quantitative estimate of drug-likeness (QED) is 0.520. The molecule has 0 fully saturated rings. The van der Waals surface area contributed by atoms with Crippen LogP contribution in [0.5, 0.6) is 0 Å². The highest BCUT2D eigenvalue weighted by Gasteiger charge is 2.21. The van der Waals surface area contributed by atoms with Crippen molar-refractivity contribution in [1.82, 2.24) is 9.24 Å². The SMILES string of the molecule is C=CCn1c(=O)c2c(n(N)c1=O)CCC2. The van der Waals surface area contributed by atoms with Crippen LogP contribution >= 0.6 is 0 Å². The highest BCUT2D eigenvalue weighted by molar-refractivity contribution is 5.23. The van der Waals surface area contributed by atoms with Crippen molar-refractivity contribution in [3.05, 3.63) is 44.8 Å². The molecular weight excluding hydrogens is 194 g/mol. The Hall–Kier alpha value is -1.78. The molecule has 0 unspecified atom stereocenters. The summed E-state index contributed by atoms with van der Waals surface area (Å²) in [7, 11) is 0. The number of hydrogen-bond donors (Lipinski definition) is 1. The smallest absolute Gasteiger partial charge is 0.335 e. The fraction of sp³-hybridized carbons (Fsp3) is 0.400. The minimum absolute atomic E-state index is 0.210. The van der Waals surface area contributed by atoms with Gasteiger partial charge in [-0.25, -0.2) is 9.47 Å². The highest BCUT2D eigenvalue weighted by Crippen LogP contribution is 2.15. The molecule has 2 N–H and O–H groups in total. The lowest BCUT2D eigenvalue weighted by molar-refractivity contribution is 0.646. The van der Waals surface area contributed by atoms with Crippen LogP contribution in [0, 0.1) is 0 Å². The fourth-order valence-corrected chi connectivity index (χ4v) is 2.01. The Bertz CT molecular complexity index is 525. The molecule has 80 valence electrons. The molecule has 0 amide bonds. The number of nitrogens with zero attached hydrogens (tertiary/aromatic N) is 2. The molecule has 0 saturated heterocycles. The van der Waals surface area contributed by atoms with Crippen molar-refractivity contribution in [3.63, 3.8) is 0 Å². The maximum Gasteiger partial charge on any atom is 0.349 e. The minimum atomic E-state index is -0.458. The summed E-state index contributed by atoms with van der Waals surface area (Å²) < 4.78 is 2.21. The summed E-state index contributed by atoms with van der Waals surface area (Å²) in [6.07, 6.45) is 3.83. The van der Waals surface area contributed by atoms with E-state index in [-0.39, 0.29) is 12.1 Å². The summed E-state index contributed by atoms with van der Waals surface area (Å²) in [6, 6.07) is 0. The summed E-state index contributed by atoms with van der Waals surface area (Å²) in [5.41, 5.74) is 0.693. The lowest BCUT2D eigenvalue weighted by Gasteiger charge is -2.09. The van der Waals surface area contributed by atoms with Gasteiger partial charge in [-0.05, 0) is 19.3 Å². The molecule has 1 aliphatic rings. The van der Waals surface area contributed by atoms with E-state index in [0.29, 0.717) is 24.1 Å². The highest BCUT2D eigenvalue weighted by atomic mass is 16.2. The van der Waals surface area contributed by atoms with Crippen molar-refractivity contribution in [2.24, 2.45) is 0 Å². The second-order valence-corrected chi connectivity index (χ2v) is 3.64. The first-order chi connectivity index (χ1) is 7.16. The van der Waals surface area contributed by atoms with Crippen molar-refractivity contribution in [3.8, 4) is 0 Å². The molecule has 1 aliphatic carbocycles. The van der Waals surface area contributed by atoms with Crippen LogP contribution in [0.4, 0.5) is 0 Å². The molecule has 1 aromatic rings. The Kier molecular flexibility index (Phi) is 2.22. The predicted molar refractivity (Wildman–Crippen MR) is 57.3 cm³/mol. The molecule has 15 heavy (non-hydrogen) atoms. The van der Waals surface area contributed by atoms with Gasteiger partial charge in [0.05, 0.1) is 5.69 Å². The van der Waals surface area contributed by atoms with Crippen LogP contribution in [0.2, 0.25) is 0 Å². The monoisotopic (exact) mass is 207 g/mol. The molecule has 0 radical (unpaired) electrons. The van der Waals surface area contributed by atoms with Crippen molar-refractivity contribution in [2.75, 3.05) is 5.84 Å². The number of rotatable bonds is 2. The van der Waals surface area contributed by atoms with E-state index in [0.717, 1.165) is 15.7 Å². The molecule has 1 aromatic heterocycles. The molecule has 5 heteroatoms. The third-order valence-corrected chi connectivity index (χ3v) is 2.73. The molecule has 2 rings (SSSR count). The Labute approximate surface area is 86.4 Å². The molecular formula is C10H13N3O2. The molecule has 0 atom stereocenters. The van der Waals surface area contributed by atoms with Crippen molar-refractivity contribution in [2.45, 2.75) is 25.8 Å². The molecule has 0 spiro atoms. The van der Waals surface area contributed by atoms with Gasteiger partial charge in [0, 0.05) is 12.1 Å². The standard InChI is InChI=1S/C10H13N3O2/c1-2-6-12-9(14)7-4-3-5-8(7)13(11)10(12)15/h2H,1,3-6,11H2. The summed E-state index contributed by atoms with van der Waals surface area (Å²) in [5, 5.41) is 0. The average Bonchev–Trinajstić information content (AvgIpc) is 2.70. The van der Waals surface area contributed by atoms with Crippen molar-refractivity contribution < 1.29 is 0 Å². The molecule has 0 saturated carbocycles. The van der Waals surface area contributed by atoms with Gasteiger partial charge in [0.25, 0.3) is 5.56 Å². The first-order valence-corrected chi connectivity index (χ1v) is 4.90. The molecule has 1 heterocycles. The number of aromatic nitrogens is 2. The van der Waals surface area contributed by atoms with Gasteiger partial charge in [0.1, 0.15) is 0 Å². The molecule has 0 aromatic carbocycles. The second-order valence-electron chi connectivity index (χ2n) is 3.64. The van der Waals surface area contributed by atoms with E-state index in [2.05, 4.69) is 6.58 Å². The zero-order valence-electron chi connectivity index (χ0n) is 8.40. The van der Waals surface area contributed by atoms with Crippen LogP contribution in [-0.4, -0.2) is 9.24 Å². The zero-order valence-corrected chi connectivity index (χ0v) is 8.40. The van der Waals surface area contributed by atoms with E-state index in [1.807, 2.05) is 0 Å². The molecule has 5 nitrogen and oxygen atoms in total. The Morgan fingerprint density at radius 2 is 2.13 bits per heavy atom. The number of hydrogen-bond acceptors (Lipinski definition) is 3. The Morgan fingerprint density at radius 1 is 1.40 bits per heavy atom. The Balaban J connectivity index is 2.79. The first-order valence-electron chi connectivity index (χ1n) is 4.90. The molecule has 0 bridgehead atoms. The average molecular weight is 207 g/mol. The van der Waals surface area contributed by atoms with E-state index < -0.39 is 5.69 Å². The summed E-state index contributed by atoms with van der Waals surface area (Å²) >= 11 is 0. The lowest BCUT2D eigenvalue weighted by atomic mass is 10.2. The first kappa shape index (κ1) is 9.76. The third-order valence-electron chi connectivity index (χ3n) is 2.73. The maximum atomic E-state index is 11.9. The van der Waals surface area contributed by atoms with E-state index in [9.17, 15) is 9.59 Å². The van der Waals surface area contributed by atoms with Gasteiger partial charge in [-0.3, -0.25) is 9.36 Å². The normalized spacial score (nSPS) is 13.9. The van der Waals surface area contributed by atoms with Crippen LogP contribution in [0.25, 0.3) is 0 Å². The number of fused-ring (bicyclic) bond motifs is 1. The largest absolute Gasteiger partial charge is 0.349 e. The lowest BCUT2D eigenvalue weighted by Crippen LogP contribution is -2.45. The van der Waals surface area contributed by atoms with Gasteiger partial charge >= 0.3 is 5.69 Å². The second kappa shape index (κ2) is 3.42. The summed E-state index contributed by atoms with van der Waals surface area (Å²) in [6.45, 7) is 3.72. The number of allylic oxidation sites excluding steroid dienone is 1. The van der Waals surface area contributed by atoms with Crippen LogP contribution in [-0.2, 0) is 19.4 Å². The number of nitrogens with two attached hydrogens (primary N) is 1. The van der Waals surface area contributed by atoms with Crippen LogP contribution in [0.3, 0.4) is 0 Å². The van der Waals surface area contributed by atoms with E-state index in [1.165, 1.54) is 6.08 Å². The van der Waals surface area contributed by atoms with E-state index >= 15 is 0 Å². The van der Waals surface area contributed by atoms with Gasteiger partial charge < -0.3 is 5.84 Å². The summed E-state index contributed by atoms with van der Waals surface area (Å²) in [5.74, 6) is 5.64. The number of nitrogen functional groups attached to an aromatic ring is 1. The maximum absolute atomic E-state index is 11.9. The van der Waals surface area contributed by atoms with E-state index in [4.69, 9.17) is 5.84 Å². The zero-order chi connectivity index (χ0) is 11.0. The van der Waals surface area contributed by atoms with Crippen molar-refractivity contribution in [1.29, 1.82) is 0 Å².